The zero-order valence-electron chi connectivity index (χ0n) is 9.68. The molecule has 0 radical (unpaired) electrons. The van der Waals surface area contributed by atoms with E-state index in [1.54, 1.807) is 6.42 Å². The molecule has 1 heterocycles. The molecule has 0 spiro atoms. The van der Waals surface area contributed by atoms with Gasteiger partial charge in [-0.1, -0.05) is 18.2 Å². The van der Waals surface area contributed by atoms with Crippen molar-refractivity contribution in [3.05, 3.63) is 30.3 Å². The Morgan fingerprint density at radius 3 is 2.12 bits per heavy atom. The normalized spacial score (nSPS) is 40.4. The highest BCUT2D eigenvalue weighted by molar-refractivity contribution is 5.47. The van der Waals surface area contributed by atoms with Crippen molar-refractivity contribution >= 4 is 5.69 Å². The molecule has 0 N–H and O–H groups in total. The molecule has 84 valence electrons. The maximum Gasteiger partial charge on any atom is 0.0366 e. The highest BCUT2D eigenvalue weighted by Gasteiger charge is 2.51. The van der Waals surface area contributed by atoms with Crippen LogP contribution in [0.15, 0.2) is 30.3 Å². The van der Waals surface area contributed by atoms with Gasteiger partial charge in [0.2, 0.25) is 0 Å². The first-order chi connectivity index (χ1) is 7.92. The second-order valence-electron chi connectivity index (χ2n) is 5.90. The lowest BCUT2D eigenvalue weighted by molar-refractivity contribution is 0.281. The zero-order chi connectivity index (χ0) is 10.5. The van der Waals surface area contributed by atoms with Crippen LogP contribution in [0.25, 0.3) is 0 Å². The quantitative estimate of drug-likeness (QED) is 0.692. The van der Waals surface area contributed by atoms with Crippen molar-refractivity contribution in [2.24, 2.45) is 23.7 Å². The number of hydrogen-bond donors (Lipinski definition) is 0. The van der Waals surface area contributed by atoms with Crippen LogP contribution in [0.4, 0.5) is 5.69 Å². The third kappa shape index (κ3) is 1.17. The van der Waals surface area contributed by atoms with E-state index in [2.05, 4.69) is 35.2 Å². The van der Waals surface area contributed by atoms with E-state index in [0.717, 1.165) is 23.7 Å². The van der Waals surface area contributed by atoms with Crippen LogP contribution in [-0.2, 0) is 0 Å². The van der Waals surface area contributed by atoms with Crippen LogP contribution in [0.3, 0.4) is 0 Å². The van der Waals surface area contributed by atoms with Gasteiger partial charge in [0.05, 0.1) is 0 Å². The van der Waals surface area contributed by atoms with Gasteiger partial charge in [-0.25, -0.2) is 0 Å². The summed E-state index contributed by atoms with van der Waals surface area (Å²) in [4.78, 5) is 2.62. The Morgan fingerprint density at radius 2 is 1.50 bits per heavy atom. The van der Waals surface area contributed by atoms with E-state index in [9.17, 15) is 0 Å². The average molecular weight is 213 g/mol. The number of benzene rings is 1. The van der Waals surface area contributed by atoms with Crippen LogP contribution in [0.1, 0.15) is 19.3 Å². The zero-order valence-corrected chi connectivity index (χ0v) is 9.68. The molecule has 4 unspecified atom stereocenters. The molecule has 1 aliphatic heterocycles. The van der Waals surface area contributed by atoms with Gasteiger partial charge >= 0.3 is 0 Å². The minimum atomic E-state index is 1.03. The maximum absolute atomic E-state index is 2.62. The van der Waals surface area contributed by atoms with E-state index in [-0.39, 0.29) is 0 Å². The summed E-state index contributed by atoms with van der Waals surface area (Å²) in [6, 6.07) is 11.0. The van der Waals surface area contributed by atoms with E-state index >= 15 is 0 Å². The van der Waals surface area contributed by atoms with Crippen LogP contribution in [0, 0.1) is 23.7 Å². The van der Waals surface area contributed by atoms with Crippen molar-refractivity contribution in [2.45, 2.75) is 19.3 Å². The summed E-state index contributed by atoms with van der Waals surface area (Å²) < 4.78 is 0. The molecule has 2 bridgehead atoms. The molecule has 1 aromatic carbocycles. The number of para-hydroxylation sites is 1. The molecular weight excluding hydrogens is 194 g/mol. The van der Waals surface area contributed by atoms with Crippen molar-refractivity contribution in [3.63, 3.8) is 0 Å². The first kappa shape index (κ1) is 9.09. The Bertz CT molecular complexity index is 368. The van der Waals surface area contributed by atoms with Gasteiger partial charge in [-0.3, -0.25) is 0 Å². The van der Waals surface area contributed by atoms with E-state index in [0.29, 0.717) is 0 Å². The molecule has 4 rings (SSSR count). The lowest BCUT2D eigenvalue weighted by Gasteiger charge is -2.22. The molecule has 1 aromatic rings. The summed E-state index contributed by atoms with van der Waals surface area (Å²) in [7, 11) is 0. The van der Waals surface area contributed by atoms with Gasteiger partial charge in [0.15, 0.2) is 0 Å². The van der Waals surface area contributed by atoms with Crippen LogP contribution < -0.4 is 4.90 Å². The largest absolute Gasteiger partial charge is 0.371 e. The monoisotopic (exact) mass is 213 g/mol. The summed E-state index contributed by atoms with van der Waals surface area (Å²) in [6.07, 6.45) is 4.60. The van der Waals surface area contributed by atoms with Crippen molar-refractivity contribution in [1.29, 1.82) is 0 Å². The lowest BCUT2D eigenvalue weighted by Crippen LogP contribution is -2.21. The van der Waals surface area contributed by atoms with Crippen molar-refractivity contribution in [2.75, 3.05) is 18.0 Å². The van der Waals surface area contributed by atoms with Gasteiger partial charge in [0, 0.05) is 18.8 Å². The number of hydrogen-bond acceptors (Lipinski definition) is 1. The molecule has 16 heavy (non-hydrogen) atoms. The van der Waals surface area contributed by atoms with Crippen molar-refractivity contribution < 1.29 is 0 Å². The van der Waals surface area contributed by atoms with Crippen LogP contribution in [-0.4, -0.2) is 13.1 Å². The summed E-state index contributed by atoms with van der Waals surface area (Å²) in [5.74, 6) is 4.20. The van der Waals surface area contributed by atoms with Crippen LogP contribution in [0.5, 0.6) is 0 Å². The highest BCUT2D eigenvalue weighted by atomic mass is 15.2. The molecule has 4 atom stereocenters. The standard InChI is InChI=1S/C15H19N/c1-2-4-13(5-3-1)16-9-14-11-6-7-12(8-11)15(14)10-16/h1-5,11-12,14-15H,6-10H2. The fourth-order valence-electron chi connectivity index (χ4n) is 4.53. The van der Waals surface area contributed by atoms with Gasteiger partial charge in [-0.15, -0.1) is 0 Å². The number of anilines is 1. The second kappa shape index (κ2) is 3.26. The summed E-state index contributed by atoms with van der Waals surface area (Å²) in [5, 5.41) is 0. The molecular formula is C15H19N. The van der Waals surface area contributed by atoms with Crippen LogP contribution in [0.2, 0.25) is 0 Å². The van der Waals surface area contributed by atoms with E-state index < -0.39 is 0 Å². The van der Waals surface area contributed by atoms with Gasteiger partial charge in [-0.05, 0) is 55.1 Å². The van der Waals surface area contributed by atoms with E-state index in [4.69, 9.17) is 0 Å². The second-order valence-corrected chi connectivity index (χ2v) is 5.90. The van der Waals surface area contributed by atoms with Crippen LogP contribution >= 0.6 is 0 Å². The Balaban J connectivity index is 1.59. The van der Waals surface area contributed by atoms with Gasteiger partial charge in [-0.2, -0.15) is 0 Å². The molecule has 2 saturated carbocycles. The highest BCUT2D eigenvalue weighted by Crippen LogP contribution is 2.55. The Kier molecular flexibility index (Phi) is 1.85. The van der Waals surface area contributed by atoms with Gasteiger partial charge in [0.1, 0.15) is 0 Å². The lowest BCUT2D eigenvalue weighted by atomic mass is 9.82. The fraction of sp³-hybridized carbons (Fsp3) is 0.600. The molecule has 1 nitrogen and oxygen atoms in total. The Labute approximate surface area is 97.5 Å². The first-order valence-electron chi connectivity index (χ1n) is 6.72. The summed E-state index contributed by atoms with van der Waals surface area (Å²) >= 11 is 0. The van der Waals surface area contributed by atoms with E-state index in [1.165, 1.54) is 31.6 Å². The molecule has 0 amide bonds. The number of fused-ring (bicyclic) bond motifs is 5. The smallest absolute Gasteiger partial charge is 0.0366 e. The predicted octanol–water partition coefficient (Wildman–Crippen LogP) is 3.17. The molecule has 1 saturated heterocycles. The average Bonchev–Trinajstić information content (AvgIpc) is 3.02. The number of nitrogens with zero attached hydrogens (tertiary/aromatic N) is 1. The molecule has 2 aliphatic carbocycles. The molecule has 3 aliphatic rings. The Hall–Kier alpha value is -0.980. The summed E-state index contributed by atoms with van der Waals surface area (Å²) in [6.45, 7) is 2.66. The van der Waals surface area contributed by atoms with E-state index in [1.807, 2.05) is 0 Å². The predicted molar refractivity (Wildman–Crippen MR) is 66.5 cm³/mol. The molecule has 1 heteroatoms. The topological polar surface area (TPSA) is 3.24 Å². The van der Waals surface area contributed by atoms with Crippen molar-refractivity contribution in [1.82, 2.24) is 0 Å². The van der Waals surface area contributed by atoms with Gasteiger partial charge < -0.3 is 4.90 Å². The first-order valence-corrected chi connectivity index (χ1v) is 6.72. The third-order valence-electron chi connectivity index (χ3n) is 5.26. The Morgan fingerprint density at radius 1 is 0.875 bits per heavy atom. The summed E-state index contributed by atoms with van der Waals surface area (Å²) in [5.41, 5.74) is 1.44. The maximum atomic E-state index is 2.62. The fourth-order valence-corrected chi connectivity index (χ4v) is 4.53. The number of rotatable bonds is 1. The molecule has 0 aromatic heterocycles. The SMILES string of the molecule is c1ccc(N2CC3C4CCC(C4)C3C2)cc1. The minimum Gasteiger partial charge on any atom is -0.371 e. The molecule has 3 fully saturated rings. The minimum absolute atomic E-state index is 1.03. The third-order valence-corrected chi connectivity index (χ3v) is 5.26. The van der Waals surface area contributed by atoms with Gasteiger partial charge in [0.25, 0.3) is 0 Å². The van der Waals surface area contributed by atoms with Crippen molar-refractivity contribution in [3.8, 4) is 0 Å².